The van der Waals surface area contributed by atoms with Gasteiger partial charge in [-0.2, -0.15) is 0 Å². The lowest BCUT2D eigenvalue weighted by atomic mass is 10.1. The molecule has 0 amide bonds. The number of fused-ring (bicyclic) bond motifs is 1. The van der Waals surface area contributed by atoms with Crippen molar-refractivity contribution in [3.63, 3.8) is 0 Å². The van der Waals surface area contributed by atoms with Gasteiger partial charge in [-0.05, 0) is 74.5 Å². The van der Waals surface area contributed by atoms with E-state index in [2.05, 4.69) is 139 Å². The summed E-state index contributed by atoms with van der Waals surface area (Å²) >= 11 is 0. The zero-order valence-corrected chi connectivity index (χ0v) is 20.5. The van der Waals surface area contributed by atoms with Crippen LogP contribution in [-0.4, -0.2) is 9.55 Å². The van der Waals surface area contributed by atoms with Crippen LogP contribution in [0.1, 0.15) is 11.1 Å². The van der Waals surface area contributed by atoms with E-state index < -0.39 is 0 Å². The van der Waals surface area contributed by atoms with Gasteiger partial charge in [0.2, 0.25) is 0 Å². The van der Waals surface area contributed by atoms with Crippen LogP contribution >= 0.6 is 0 Å². The van der Waals surface area contributed by atoms with E-state index in [1.165, 1.54) is 11.1 Å². The lowest BCUT2D eigenvalue weighted by molar-refractivity contribution is 1.10. The summed E-state index contributed by atoms with van der Waals surface area (Å²) < 4.78 is 2.25. The van der Waals surface area contributed by atoms with Gasteiger partial charge in [-0.25, -0.2) is 4.98 Å². The number of rotatable bonds is 5. The number of nitrogens with zero attached hydrogens (tertiary/aromatic N) is 3. The molecule has 0 bridgehead atoms. The molecule has 1 heterocycles. The fourth-order valence-corrected chi connectivity index (χ4v) is 4.68. The number of hydrogen-bond donors (Lipinski definition) is 0. The second kappa shape index (κ2) is 9.20. The number of anilines is 3. The van der Waals surface area contributed by atoms with Crippen molar-refractivity contribution in [2.24, 2.45) is 0 Å². The molecule has 3 nitrogen and oxygen atoms in total. The van der Waals surface area contributed by atoms with Crippen LogP contribution in [0.5, 0.6) is 0 Å². The number of hydrogen-bond acceptors (Lipinski definition) is 2. The van der Waals surface area contributed by atoms with E-state index >= 15 is 0 Å². The molecule has 0 aliphatic heterocycles. The van der Waals surface area contributed by atoms with E-state index in [1.807, 2.05) is 12.1 Å². The highest BCUT2D eigenvalue weighted by atomic mass is 15.1. The minimum atomic E-state index is 0.928. The van der Waals surface area contributed by atoms with Crippen LogP contribution in [0.2, 0.25) is 0 Å². The van der Waals surface area contributed by atoms with Crippen LogP contribution in [0.15, 0.2) is 127 Å². The fourth-order valence-electron chi connectivity index (χ4n) is 4.68. The van der Waals surface area contributed by atoms with E-state index in [0.29, 0.717) is 0 Å². The van der Waals surface area contributed by atoms with Crippen molar-refractivity contribution in [3.8, 4) is 17.1 Å². The van der Waals surface area contributed by atoms with Gasteiger partial charge in [-0.1, -0.05) is 77.9 Å². The largest absolute Gasteiger partial charge is 0.310 e. The van der Waals surface area contributed by atoms with Gasteiger partial charge < -0.3 is 4.90 Å². The van der Waals surface area contributed by atoms with Crippen molar-refractivity contribution < 1.29 is 0 Å². The molecule has 1 aromatic heterocycles. The number of aromatic nitrogens is 2. The summed E-state index contributed by atoms with van der Waals surface area (Å²) in [4.78, 5) is 7.38. The lowest BCUT2D eigenvalue weighted by Gasteiger charge is -2.26. The molecule has 6 aromatic rings. The molecular weight excluding hydrogens is 438 g/mol. The summed E-state index contributed by atoms with van der Waals surface area (Å²) in [5.74, 6) is 0.928. The van der Waals surface area contributed by atoms with E-state index in [0.717, 1.165) is 45.2 Å². The molecule has 0 radical (unpaired) electrons. The van der Waals surface area contributed by atoms with E-state index in [-0.39, 0.29) is 0 Å². The van der Waals surface area contributed by atoms with Crippen molar-refractivity contribution in [1.82, 2.24) is 9.55 Å². The highest BCUT2D eigenvalue weighted by Crippen LogP contribution is 2.37. The third-order valence-electron chi connectivity index (χ3n) is 6.52. The Hall–Kier alpha value is -4.63. The van der Waals surface area contributed by atoms with Gasteiger partial charge in [0.15, 0.2) is 0 Å². The molecule has 0 saturated carbocycles. The Morgan fingerprint density at radius 3 is 1.83 bits per heavy atom. The first-order chi connectivity index (χ1) is 17.7. The minimum absolute atomic E-state index is 0.928. The summed E-state index contributed by atoms with van der Waals surface area (Å²) in [5, 5.41) is 0. The van der Waals surface area contributed by atoms with Gasteiger partial charge in [-0.15, -0.1) is 0 Å². The average molecular weight is 466 g/mol. The smallest absolute Gasteiger partial charge is 0.145 e. The molecule has 0 spiro atoms. The molecule has 0 unspecified atom stereocenters. The van der Waals surface area contributed by atoms with E-state index in [9.17, 15) is 0 Å². The summed E-state index contributed by atoms with van der Waals surface area (Å²) in [7, 11) is 0. The summed E-state index contributed by atoms with van der Waals surface area (Å²) in [6.45, 7) is 4.24. The summed E-state index contributed by atoms with van der Waals surface area (Å²) in [5.41, 5.74) is 10.1. The second-order valence-electron chi connectivity index (χ2n) is 9.15. The molecular formula is C33H27N3. The fraction of sp³-hybridized carbons (Fsp3) is 0.0606. The molecule has 174 valence electrons. The lowest BCUT2D eigenvalue weighted by Crippen LogP contribution is -2.10. The predicted octanol–water partition coefficient (Wildman–Crippen LogP) is 8.78. The number of benzene rings is 5. The standard InChI is InChI=1S/C33H27N3/c1-24-15-19-28(20-16-24)35(29-21-17-25(2)18-22-29)30-12-8-9-26(23-30)33-34-31-13-6-7-14-32(31)36(33)27-10-4-3-5-11-27/h3-23H,1-2H3. The summed E-state index contributed by atoms with van der Waals surface area (Å²) in [6, 6.07) is 44.8. The molecule has 3 heteroatoms. The maximum Gasteiger partial charge on any atom is 0.145 e. The Bertz CT molecular complexity index is 1580. The molecule has 0 N–H and O–H groups in total. The first-order valence-corrected chi connectivity index (χ1v) is 12.2. The number of para-hydroxylation sites is 3. The van der Waals surface area contributed by atoms with Crippen LogP contribution < -0.4 is 4.90 Å². The van der Waals surface area contributed by atoms with Crippen molar-refractivity contribution in [2.45, 2.75) is 13.8 Å². The van der Waals surface area contributed by atoms with E-state index in [4.69, 9.17) is 4.98 Å². The Balaban J connectivity index is 1.54. The second-order valence-corrected chi connectivity index (χ2v) is 9.15. The van der Waals surface area contributed by atoms with Crippen LogP contribution in [0.4, 0.5) is 17.1 Å². The van der Waals surface area contributed by atoms with Gasteiger partial charge in [0.25, 0.3) is 0 Å². The van der Waals surface area contributed by atoms with Crippen LogP contribution in [0.3, 0.4) is 0 Å². The monoisotopic (exact) mass is 465 g/mol. The Labute approximate surface area is 211 Å². The SMILES string of the molecule is Cc1ccc(N(c2ccc(C)cc2)c2cccc(-c3nc4ccccc4n3-c3ccccc3)c2)cc1. The zero-order valence-electron chi connectivity index (χ0n) is 20.5. The van der Waals surface area contributed by atoms with Crippen LogP contribution in [0, 0.1) is 13.8 Å². The normalized spacial score (nSPS) is 11.1. The van der Waals surface area contributed by atoms with Crippen LogP contribution in [-0.2, 0) is 0 Å². The third kappa shape index (κ3) is 4.05. The molecule has 0 aliphatic rings. The van der Waals surface area contributed by atoms with Gasteiger partial charge >= 0.3 is 0 Å². The number of aryl methyl sites for hydroxylation is 2. The molecule has 36 heavy (non-hydrogen) atoms. The first-order valence-electron chi connectivity index (χ1n) is 12.2. The van der Waals surface area contributed by atoms with Crippen molar-refractivity contribution >= 4 is 28.1 Å². The molecule has 6 rings (SSSR count). The summed E-state index contributed by atoms with van der Waals surface area (Å²) in [6.07, 6.45) is 0. The van der Waals surface area contributed by atoms with E-state index in [1.54, 1.807) is 0 Å². The molecule has 0 aliphatic carbocycles. The zero-order chi connectivity index (χ0) is 24.5. The van der Waals surface area contributed by atoms with Crippen molar-refractivity contribution in [3.05, 3.63) is 139 Å². The highest BCUT2D eigenvalue weighted by Gasteiger charge is 2.17. The van der Waals surface area contributed by atoms with Gasteiger partial charge in [0.05, 0.1) is 11.0 Å². The molecule has 5 aromatic carbocycles. The van der Waals surface area contributed by atoms with Gasteiger partial charge in [0, 0.05) is 28.3 Å². The van der Waals surface area contributed by atoms with Crippen LogP contribution in [0.25, 0.3) is 28.1 Å². The average Bonchev–Trinajstić information content (AvgIpc) is 3.31. The minimum Gasteiger partial charge on any atom is -0.310 e. The predicted molar refractivity (Wildman–Crippen MR) is 151 cm³/mol. The van der Waals surface area contributed by atoms with Crippen molar-refractivity contribution in [1.29, 1.82) is 0 Å². The third-order valence-corrected chi connectivity index (χ3v) is 6.52. The quantitative estimate of drug-likeness (QED) is 0.254. The Kier molecular flexibility index (Phi) is 5.59. The molecule has 0 saturated heterocycles. The molecule has 0 fully saturated rings. The maximum atomic E-state index is 5.07. The number of imidazole rings is 1. The highest BCUT2D eigenvalue weighted by molar-refractivity contribution is 5.85. The molecule has 0 atom stereocenters. The maximum absolute atomic E-state index is 5.07. The van der Waals surface area contributed by atoms with Gasteiger partial charge in [-0.3, -0.25) is 4.57 Å². The Morgan fingerprint density at radius 2 is 1.17 bits per heavy atom. The van der Waals surface area contributed by atoms with Gasteiger partial charge in [0.1, 0.15) is 5.82 Å². The first kappa shape index (κ1) is 21.9. The van der Waals surface area contributed by atoms with Crippen molar-refractivity contribution in [2.75, 3.05) is 4.90 Å². The Morgan fingerprint density at radius 1 is 0.556 bits per heavy atom. The topological polar surface area (TPSA) is 21.1 Å².